The second kappa shape index (κ2) is 11.9. The summed E-state index contributed by atoms with van der Waals surface area (Å²) in [5.74, 6) is 0.682. The number of thioether (sulfide) groups is 1. The molecule has 0 aliphatic heterocycles. The lowest BCUT2D eigenvalue weighted by Crippen LogP contribution is -2.13. The van der Waals surface area contributed by atoms with Crippen LogP contribution in [0, 0.1) is 0 Å². The first-order valence-corrected chi connectivity index (χ1v) is 13.0. The van der Waals surface area contributed by atoms with Gasteiger partial charge >= 0.3 is 0 Å². The fourth-order valence-electron chi connectivity index (χ4n) is 3.12. The maximum absolute atomic E-state index is 12.4. The molecular formula is C26H22ClN3O3S2. The average molecular weight is 524 g/mol. The quantitative estimate of drug-likeness (QED) is 0.235. The third-order valence-corrected chi connectivity index (χ3v) is 6.79. The number of carbonyl (C=O) groups is 2. The highest BCUT2D eigenvalue weighted by Gasteiger charge is 2.10. The molecule has 2 amide bonds. The molecule has 0 unspecified atom stereocenters. The van der Waals surface area contributed by atoms with Crippen molar-refractivity contribution >= 4 is 57.3 Å². The number of ether oxygens (including phenoxy) is 1. The van der Waals surface area contributed by atoms with Gasteiger partial charge in [-0.15, -0.1) is 23.1 Å². The number of aromatic nitrogens is 1. The first-order valence-electron chi connectivity index (χ1n) is 10.8. The summed E-state index contributed by atoms with van der Waals surface area (Å²) in [5.41, 5.74) is 2.91. The Bertz CT molecular complexity index is 1310. The summed E-state index contributed by atoms with van der Waals surface area (Å²) in [6.07, 6.45) is 0. The van der Waals surface area contributed by atoms with E-state index in [0.717, 1.165) is 21.9 Å². The molecular weight excluding hydrogens is 502 g/mol. The van der Waals surface area contributed by atoms with E-state index in [1.165, 1.54) is 23.1 Å². The number of hydrogen-bond acceptors (Lipinski definition) is 6. The van der Waals surface area contributed by atoms with Gasteiger partial charge in [0.2, 0.25) is 5.91 Å². The minimum atomic E-state index is -0.236. The number of halogens is 1. The van der Waals surface area contributed by atoms with Crippen LogP contribution in [0.25, 0.3) is 11.3 Å². The molecule has 2 N–H and O–H groups in total. The third-order valence-electron chi connectivity index (χ3n) is 4.78. The van der Waals surface area contributed by atoms with Crippen LogP contribution >= 0.6 is 34.7 Å². The topological polar surface area (TPSA) is 80.3 Å². The third kappa shape index (κ3) is 7.08. The molecule has 0 fully saturated rings. The summed E-state index contributed by atoms with van der Waals surface area (Å²) in [6, 6.07) is 21.8. The molecule has 178 valence electrons. The highest BCUT2D eigenvalue weighted by Crippen LogP contribution is 2.27. The standard InChI is InChI=1S/C26H22ClN3O3S2/c1-2-33-21-10-6-17(7-11-21)23-15-35-26(29-23)30-24(31)16-34-22-12-8-20(9-13-22)28-25(32)18-4-3-5-19(27)14-18/h3-15H,2,16H2,1H3,(H,28,32)(H,29,30,31). The van der Waals surface area contributed by atoms with Gasteiger partial charge in [0.05, 0.1) is 18.1 Å². The lowest BCUT2D eigenvalue weighted by atomic mass is 10.2. The first-order chi connectivity index (χ1) is 17.0. The van der Waals surface area contributed by atoms with Crippen LogP contribution in [-0.2, 0) is 4.79 Å². The Kier molecular flexibility index (Phi) is 8.41. The van der Waals surface area contributed by atoms with Gasteiger partial charge in [-0.3, -0.25) is 9.59 Å². The molecule has 35 heavy (non-hydrogen) atoms. The zero-order valence-electron chi connectivity index (χ0n) is 18.8. The normalized spacial score (nSPS) is 10.6. The zero-order chi connectivity index (χ0) is 24.6. The van der Waals surface area contributed by atoms with Gasteiger partial charge < -0.3 is 15.4 Å². The summed E-state index contributed by atoms with van der Waals surface area (Å²) >= 11 is 8.73. The van der Waals surface area contributed by atoms with Crippen molar-refractivity contribution < 1.29 is 14.3 Å². The van der Waals surface area contributed by atoms with Crippen LogP contribution in [0.3, 0.4) is 0 Å². The van der Waals surface area contributed by atoms with Crippen molar-refractivity contribution in [1.82, 2.24) is 4.98 Å². The van der Waals surface area contributed by atoms with Crippen LogP contribution < -0.4 is 15.4 Å². The van der Waals surface area contributed by atoms with E-state index in [0.29, 0.717) is 28.0 Å². The van der Waals surface area contributed by atoms with E-state index in [4.69, 9.17) is 16.3 Å². The second-order valence-corrected chi connectivity index (χ2v) is 9.66. The molecule has 0 aliphatic rings. The summed E-state index contributed by atoms with van der Waals surface area (Å²) in [7, 11) is 0. The smallest absolute Gasteiger partial charge is 0.255 e. The number of amides is 2. The zero-order valence-corrected chi connectivity index (χ0v) is 21.2. The summed E-state index contributed by atoms with van der Waals surface area (Å²) < 4.78 is 5.46. The molecule has 9 heteroatoms. The maximum atomic E-state index is 12.4. The highest BCUT2D eigenvalue weighted by atomic mass is 35.5. The Balaban J connectivity index is 1.26. The Morgan fingerprint density at radius 2 is 1.80 bits per heavy atom. The van der Waals surface area contributed by atoms with Gasteiger partial charge in [0.25, 0.3) is 5.91 Å². The molecule has 0 radical (unpaired) electrons. The van der Waals surface area contributed by atoms with Crippen LogP contribution in [-0.4, -0.2) is 29.2 Å². The number of anilines is 2. The van der Waals surface area contributed by atoms with Crippen molar-refractivity contribution in [1.29, 1.82) is 0 Å². The summed E-state index contributed by atoms with van der Waals surface area (Å²) in [5, 5.41) is 8.66. The fourth-order valence-corrected chi connectivity index (χ4v) is 4.75. The van der Waals surface area contributed by atoms with Gasteiger partial charge in [-0.1, -0.05) is 17.7 Å². The largest absolute Gasteiger partial charge is 0.494 e. The summed E-state index contributed by atoms with van der Waals surface area (Å²) in [6.45, 7) is 2.56. The van der Waals surface area contributed by atoms with E-state index < -0.39 is 0 Å². The Labute approximate surface area is 216 Å². The van der Waals surface area contributed by atoms with Crippen molar-refractivity contribution in [2.75, 3.05) is 23.0 Å². The molecule has 4 aromatic rings. The van der Waals surface area contributed by atoms with Gasteiger partial charge in [-0.25, -0.2) is 4.98 Å². The average Bonchev–Trinajstić information content (AvgIpc) is 3.32. The number of carbonyl (C=O) groups excluding carboxylic acids is 2. The van der Waals surface area contributed by atoms with E-state index in [1.54, 1.807) is 36.4 Å². The molecule has 1 heterocycles. The number of benzene rings is 3. The van der Waals surface area contributed by atoms with Gasteiger partial charge in [-0.05, 0) is 73.7 Å². The van der Waals surface area contributed by atoms with E-state index in [9.17, 15) is 9.59 Å². The monoisotopic (exact) mass is 523 g/mol. The number of nitrogens with one attached hydrogen (secondary N) is 2. The minimum Gasteiger partial charge on any atom is -0.494 e. The van der Waals surface area contributed by atoms with Gasteiger partial charge in [-0.2, -0.15) is 0 Å². The molecule has 0 saturated heterocycles. The lowest BCUT2D eigenvalue weighted by molar-refractivity contribution is -0.113. The van der Waals surface area contributed by atoms with E-state index in [1.807, 2.05) is 48.7 Å². The van der Waals surface area contributed by atoms with Crippen molar-refractivity contribution in [2.24, 2.45) is 0 Å². The van der Waals surface area contributed by atoms with Crippen LogP contribution in [0.2, 0.25) is 5.02 Å². The SMILES string of the molecule is CCOc1ccc(-c2csc(NC(=O)CSc3ccc(NC(=O)c4cccc(Cl)c4)cc3)n2)cc1. The second-order valence-electron chi connectivity index (χ2n) is 7.32. The number of thiazole rings is 1. The molecule has 1 aromatic heterocycles. The van der Waals surface area contributed by atoms with E-state index in [-0.39, 0.29) is 17.6 Å². The van der Waals surface area contributed by atoms with Gasteiger partial charge in [0.1, 0.15) is 5.75 Å². The van der Waals surface area contributed by atoms with E-state index >= 15 is 0 Å². The van der Waals surface area contributed by atoms with Crippen LogP contribution in [0.5, 0.6) is 5.75 Å². The van der Waals surface area contributed by atoms with Crippen molar-refractivity contribution in [2.45, 2.75) is 11.8 Å². The van der Waals surface area contributed by atoms with E-state index in [2.05, 4.69) is 15.6 Å². The predicted molar refractivity (Wildman–Crippen MR) is 144 cm³/mol. The van der Waals surface area contributed by atoms with Gasteiger partial charge in [0.15, 0.2) is 5.13 Å². The number of nitrogens with zero attached hydrogens (tertiary/aromatic N) is 1. The molecule has 0 spiro atoms. The Morgan fingerprint density at radius 1 is 1.03 bits per heavy atom. The molecule has 0 saturated carbocycles. The Hall–Kier alpha value is -3.33. The van der Waals surface area contributed by atoms with Crippen LogP contribution in [0.1, 0.15) is 17.3 Å². The maximum Gasteiger partial charge on any atom is 0.255 e. The summed E-state index contributed by atoms with van der Waals surface area (Å²) in [4.78, 5) is 30.2. The molecule has 0 atom stereocenters. The predicted octanol–water partition coefficient (Wildman–Crippen LogP) is 6.85. The molecule has 3 aromatic carbocycles. The van der Waals surface area contributed by atoms with Crippen LogP contribution in [0.15, 0.2) is 83.1 Å². The molecule has 6 nitrogen and oxygen atoms in total. The molecule has 0 aliphatic carbocycles. The lowest BCUT2D eigenvalue weighted by Gasteiger charge is -2.07. The minimum absolute atomic E-state index is 0.138. The number of hydrogen-bond donors (Lipinski definition) is 2. The molecule has 0 bridgehead atoms. The number of rotatable bonds is 9. The highest BCUT2D eigenvalue weighted by molar-refractivity contribution is 8.00. The van der Waals surface area contributed by atoms with Crippen molar-refractivity contribution in [3.05, 3.63) is 88.8 Å². The fraction of sp³-hybridized carbons (Fsp3) is 0.115. The van der Waals surface area contributed by atoms with Gasteiger partial charge in [0, 0.05) is 32.1 Å². The van der Waals surface area contributed by atoms with Crippen molar-refractivity contribution in [3.8, 4) is 17.0 Å². The Morgan fingerprint density at radius 3 is 2.51 bits per heavy atom. The van der Waals surface area contributed by atoms with Crippen molar-refractivity contribution in [3.63, 3.8) is 0 Å². The van der Waals surface area contributed by atoms with Crippen LogP contribution in [0.4, 0.5) is 10.8 Å². The first kappa shape index (κ1) is 24.8. The molecule has 4 rings (SSSR count).